The van der Waals surface area contributed by atoms with E-state index in [1.54, 1.807) is 0 Å². The Hall–Kier alpha value is -1.12. The zero-order valence-corrected chi connectivity index (χ0v) is 10.6. The normalized spacial score (nSPS) is 22.5. The van der Waals surface area contributed by atoms with Crippen molar-refractivity contribution >= 4 is 12.3 Å². The van der Waals surface area contributed by atoms with Gasteiger partial charge in [0.2, 0.25) is 0 Å². The summed E-state index contributed by atoms with van der Waals surface area (Å²) in [5.74, 6) is -0.823. The van der Waals surface area contributed by atoms with Gasteiger partial charge in [0.05, 0.1) is 5.92 Å². The molecular weight excluding hydrogens is 228 g/mol. The van der Waals surface area contributed by atoms with Crippen LogP contribution in [0.4, 0.5) is 0 Å². The summed E-state index contributed by atoms with van der Waals surface area (Å²) in [7, 11) is 0. The molecule has 1 saturated heterocycles. The van der Waals surface area contributed by atoms with Crippen molar-refractivity contribution in [2.24, 2.45) is 5.92 Å². The summed E-state index contributed by atoms with van der Waals surface area (Å²) in [5.41, 5.74) is 0.316. The third kappa shape index (κ3) is 4.63. The number of hydrogen-bond donors (Lipinski definition) is 0. The molecule has 0 aromatic heterocycles. The van der Waals surface area contributed by atoms with E-state index >= 15 is 0 Å². The highest BCUT2D eigenvalue weighted by Crippen LogP contribution is 2.28. The first-order valence-electron chi connectivity index (χ1n) is 6.55. The molecule has 0 spiro atoms. The first-order valence-corrected chi connectivity index (χ1v) is 6.55. The van der Waals surface area contributed by atoms with Gasteiger partial charge in [-0.25, -0.2) is 4.79 Å². The SMILES string of the molecule is C.C=C1C(=O)OC(CCCCCCCC)C1C=O. The van der Waals surface area contributed by atoms with E-state index in [1.807, 2.05) is 0 Å². The number of hydrogen-bond acceptors (Lipinski definition) is 3. The third-order valence-corrected chi connectivity index (χ3v) is 3.31. The molecule has 1 aliphatic heterocycles. The van der Waals surface area contributed by atoms with Gasteiger partial charge in [-0.2, -0.15) is 0 Å². The molecule has 1 fully saturated rings. The monoisotopic (exact) mass is 254 g/mol. The predicted octanol–water partition coefficient (Wildman–Crippen LogP) is 3.67. The summed E-state index contributed by atoms with van der Waals surface area (Å²) in [6.07, 6.45) is 8.48. The maximum atomic E-state index is 11.2. The van der Waals surface area contributed by atoms with Gasteiger partial charge in [-0.3, -0.25) is 0 Å². The summed E-state index contributed by atoms with van der Waals surface area (Å²) < 4.78 is 5.14. The standard InChI is InChI=1S/C14H22O3.CH4/c1-3-4-5-6-7-8-9-13-12(10-15)11(2)14(16)17-13;/h10,12-13H,2-9H2,1H3;1H4. The van der Waals surface area contributed by atoms with Gasteiger partial charge in [0.15, 0.2) is 0 Å². The Balaban J connectivity index is 0.00000289. The predicted molar refractivity (Wildman–Crippen MR) is 73.3 cm³/mol. The van der Waals surface area contributed by atoms with E-state index in [4.69, 9.17) is 4.74 Å². The highest BCUT2D eigenvalue weighted by atomic mass is 16.6. The quantitative estimate of drug-likeness (QED) is 0.287. The summed E-state index contributed by atoms with van der Waals surface area (Å²) >= 11 is 0. The molecule has 104 valence electrons. The van der Waals surface area contributed by atoms with Crippen LogP contribution in [-0.2, 0) is 14.3 Å². The molecule has 0 aromatic rings. The van der Waals surface area contributed by atoms with Crippen LogP contribution in [0.15, 0.2) is 12.2 Å². The van der Waals surface area contributed by atoms with Gasteiger partial charge in [0.1, 0.15) is 12.4 Å². The van der Waals surface area contributed by atoms with Crippen molar-refractivity contribution in [1.82, 2.24) is 0 Å². The lowest BCUT2D eigenvalue weighted by Crippen LogP contribution is -2.17. The molecule has 2 unspecified atom stereocenters. The molecule has 1 rings (SSSR count). The van der Waals surface area contributed by atoms with E-state index in [0.29, 0.717) is 5.57 Å². The highest BCUT2D eigenvalue weighted by Gasteiger charge is 2.37. The van der Waals surface area contributed by atoms with E-state index in [9.17, 15) is 9.59 Å². The first kappa shape index (κ1) is 16.9. The second-order valence-corrected chi connectivity index (χ2v) is 4.69. The second-order valence-electron chi connectivity index (χ2n) is 4.69. The van der Waals surface area contributed by atoms with Crippen molar-refractivity contribution in [3.05, 3.63) is 12.2 Å². The number of carbonyl (C=O) groups is 2. The average molecular weight is 254 g/mol. The Morgan fingerprint density at radius 2 is 1.83 bits per heavy atom. The lowest BCUT2D eigenvalue weighted by atomic mass is 9.95. The number of cyclic esters (lactones) is 1. The Bertz CT molecular complexity index is 283. The van der Waals surface area contributed by atoms with E-state index < -0.39 is 11.9 Å². The Morgan fingerprint density at radius 3 is 2.44 bits per heavy atom. The third-order valence-electron chi connectivity index (χ3n) is 3.31. The van der Waals surface area contributed by atoms with Crippen molar-refractivity contribution in [2.75, 3.05) is 0 Å². The van der Waals surface area contributed by atoms with Crippen LogP contribution in [0.25, 0.3) is 0 Å². The average Bonchev–Trinajstić information content (AvgIpc) is 2.59. The number of carbonyl (C=O) groups excluding carboxylic acids is 2. The van der Waals surface area contributed by atoms with Crippen LogP contribution in [0.5, 0.6) is 0 Å². The molecule has 1 heterocycles. The first-order chi connectivity index (χ1) is 8.20. The number of rotatable bonds is 8. The zero-order chi connectivity index (χ0) is 12.7. The molecule has 0 aliphatic carbocycles. The number of aldehydes is 1. The Kier molecular flexibility index (Phi) is 8.34. The van der Waals surface area contributed by atoms with Crippen LogP contribution in [0, 0.1) is 5.92 Å². The number of unbranched alkanes of at least 4 members (excludes halogenated alkanes) is 5. The molecule has 0 radical (unpaired) electrons. The molecule has 3 nitrogen and oxygen atoms in total. The minimum Gasteiger partial charge on any atom is -0.458 e. The van der Waals surface area contributed by atoms with Crippen molar-refractivity contribution in [2.45, 2.75) is 65.4 Å². The van der Waals surface area contributed by atoms with E-state index in [1.165, 1.54) is 25.7 Å². The van der Waals surface area contributed by atoms with Crippen LogP contribution >= 0.6 is 0 Å². The van der Waals surface area contributed by atoms with E-state index in [0.717, 1.165) is 25.5 Å². The molecule has 0 aromatic carbocycles. The maximum absolute atomic E-state index is 11.2. The van der Waals surface area contributed by atoms with Gasteiger partial charge in [-0.1, -0.05) is 53.0 Å². The number of ether oxygens (including phenoxy) is 1. The van der Waals surface area contributed by atoms with Gasteiger partial charge < -0.3 is 9.53 Å². The van der Waals surface area contributed by atoms with Crippen molar-refractivity contribution < 1.29 is 14.3 Å². The fourth-order valence-corrected chi connectivity index (χ4v) is 2.18. The van der Waals surface area contributed by atoms with Crippen LogP contribution in [-0.4, -0.2) is 18.4 Å². The molecule has 0 bridgehead atoms. The summed E-state index contributed by atoms with van der Waals surface area (Å²) in [5, 5.41) is 0. The highest BCUT2D eigenvalue weighted by molar-refractivity contribution is 5.95. The van der Waals surface area contributed by atoms with Crippen molar-refractivity contribution in [1.29, 1.82) is 0 Å². The summed E-state index contributed by atoms with van der Waals surface area (Å²) in [4.78, 5) is 22.1. The van der Waals surface area contributed by atoms with E-state index in [-0.39, 0.29) is 13.5 Å². The van der Waals surface area contributed by atoms with Gasteiger partial charge >= 0.3 is 5.97 Å². The van der Waals surface area contributed by atoms with Gasteiger partial charge in [-0.15, -0.1) is 0 Å². The molecular formula is C15H26O3. The summed E-state index contributed by atoms with van der Waals surface area (Å²) in [6, 6.07) is 0. The minimum absolute atomic E-state index is 0. The second kappa shape index (κ2) is 8.90. The summed E-state index contributed by atoms with van der Waals surface area (Å²) in [6.45, 7) is 5.79. The van der Waals surface area contributed by atoms with Crippen molar-refractivity contribution in [3.63, 3.8) is 0 Å². The Morgan fingerprint density at radius 1 is 1.22 bits per heavy atom. The van der Waals surface area contributed by atoms with Gasteiger partial charge in [-0.05, 0) is 12.8 Å². The molecule has 18 heavy (non-hydrogen) atoms. The minimum atomic E-state index is -0.418. The molecule has 0 saturated carbocycles. The fourth-order valence-electron chi connectivity index (χ4n) is 2.18. The molecule has 0 amide bonds. The Labute approximate surface area is 111 Å². The van der Waals surface area contributed by atoms with Crippen LogP contribution in [0.1, 0.15) is 59.3 Å². The molecule has 2 atom stereocenters. The van der Waals surface area contributed by atoms with E-state index in [2.05, 4.69) is 13.5 Å². The lowest BCUT2D eigenvalue weighted by molar-refractivity contribution is -0.139. The largest absolute Gasteiger partial charge is 0.458 e. The van der Waals surface area contributed by atoms with Crippen LogP contribution in [0.2, 0.25) is 0 Å². The smallest absolute Gasteiger partial charge is 0.334 e. The van der Waals surface area contributed by atoms with Crippen LogP contribution in [0.3, 0.4) is 0 Å². The van der Waals surface area contributed by atoms with Gasteiger partial charge in [0.25, 0.3) is 0 Å². The fraction of sp³-hybridized carbons (Fsp3) is 0.733. The maximum Gasteiger partial charge on any atom is 0.334 e. The molecule has 0 N–H and O–H groups in total. The zero-order valence-electron chi connectivity index (χ0n) is 10.6. The van der Waals surface area contributed by atoms with Gasteiger partial charge in [0, 0.05) is 5.57 Å². The topological polar surface area (TPSA) is 43.4 Å². The molecule has 3 heteroatoms. The molecule has 1 aliphatic rings. The number of esters is 1. The van der Waals surface area contributed by atoms with Crippen LogP contribution < -0.4 is 0 Å². The van der Waals surface area contributed by atoms with Crippen molar-refractivity contribution in [3.8, 4) is 0 Å². The lowest BCUT2D eigenvalue weighted by Gasteiger charge is -2.12.